The molecular weight excluding hydrogens is 380 g/mol. The zero-order valence-electron chi connectivity index (χ0n) is 14.4. The number of piperazine rings is 1. The van der Waals surface area contributed by atoms with Gasteiger partial charge in [-0.3, -0.25) is 10.1 Å². The maximum atomic E-state index is 14.1. The van der Waals surface area contributed by atoms with E-state index in [1.807, 2.05) is 0 Å². The van der Waals surface area contributed by atoms with Crippen molar-refractivity contribution in [3.8, 4) is 0 Å². The molecule has 0 saturated carbocycles. The second kappa shape index (κ2) is 7.29. The van der Waals surface area contributed by atoms with E-state index in [1.165, 1.54) is 25.1 Å². The van der Waals surface area contributed by atoms with Crippen molar-refractivity contribution in [3.05, 3.63) is 69.3 Å². The first kappa shape index (κ1) is 19.3. The average Bonchev–Trinajstić information content (AvgIpc) is 2.63. The number of nitrogens with zero attached hydrogens (tertiary/aromatic N) is 2. The SMILES string of the molecule is Cc1c(F)cc(S(=O)(=O)N2CCNCC2c2cccc(F)c2)cc1[N+](=O)[O-]. The third-order valence-corrected chi connectivity index (χ3v) is 6.41. The Labute approximate surface area is 154 Å². The molecule has 2 aromatic rings. The van der Waals surface area contributed by atoms with Crippen LogP contribution in [0.4, 0.5) is 14.5 Å². The first-order valence-electron chi connectivity index (χ1n) is 8.14. The summed E-state index contributed by atoms with van der Waals surface area (Å²) in [6, 6.07) is 6.47. The number of nitro benzene ring substituents is 1. The molecule has 0 radical (unpaired) electrons. The van der Waals surface area contributed by atoms with Gasteiger partial charge in [0.2, 0.25) is 10.0 Å². The summed E-state index contributed by atoms with van der Waals surface area (Å²) in [5.41, 5.74) is -0.403. The quantitative estimate of drug-likeness (QED) is 0.632. The van der Waals surface area contributed by atoms with Crippen molar-refractivity contribution >= 4 is 15.7 Å². The predicted molar refractivity (Wildman–Crippen MR) is 93.7 cm³/mol. The fourth-order valence-electron chi connectivity index (χ4n) is 3.09. The first-order valence-corrected chi connectivity index (χ1v) is 9.58. The Morgan fingerprint density at radius 1 is 1.26 bits per heavy atom. The topological polar surface area (TPSA) is 92.6 Å². The molecule has 2 aromatic carbocycles. The highest BCUT2D eigenvalue weighted by Gasteiger charge is 2.36. The smallest absolute Gasteiger partial charge is 0.276 e. The average molecular weight is 397 g/mol. The summed E-state index contributed by atoms with van der Waals surface area (Å²) in [7, 11) is -4.24. The monoisotopic (exact) mass is 397 g/mol. The fourth-order valence-corrected chi connectivity index (χ4v) is 4.73. The Balaban J connectivity index is 2.08. The largest absolute Gasteiger partial charge is 0.313 e. The number of halogens is 2. The molecule has 10 heteroatoms. The van der Waals surface area contributed by atoms with Gasteiger partial charge in [-0.2, -0.15) is 4.31 Å². The third kappa shape index (κ3) is 3.68. The van der Waals surface area contributed by atoms with Crippen LogP contribution in [0.5, 0.6) is 0 Å². The molecule has 144 valence electrons. The minimum absolute atomic E-state index is 0.0623. The normalized spacial score (nSPS) is 18.4. The number of rotatable bonds is 4. The van der Waals surface area contributed by atoms with E-state index in [0.29, 0.717) is 12.1 Å². The summed E-state index contributed by atoms with van der Waals surface area (Å²) in [5.74, 6) is -1.48. The molecule has 0 aromatic heterocycles. The van der Waals surface area contributed by atoms with Crippen LogP contribution in [-0.2, 0) is 10.0 Å². The van der Waals surface area contributed by atoms with Crippen molar-refractivity contribution in [1.82, 2.24) is 9.62 Å². The molecule has 0 bridgehead atoms. The van der Waals surface area contributed by atoms with Crippen molar-refractivity contribution in [2.45, 2.75) is 17.9 Å². The minimum Gasteiger partial charge on any atom is -0.313 e. The second-order valence-electron chi connectivity index (χ2n) is 6.20. The zero-order valence-corrected chi connectivity index (χ0v) is 15.2. The second-order valence-corrected chi connectivity index (χ2v) is 8.09. The van der Waals surface area contributed by atoms with Crippen molar-refractivity contribution in [2.75, 3.05) is 19.6 Å². The molecule has 1 aliphatic rings. The lowest BCUT2D eigenvalue weighted by molar-refractivity contribution is -0.385. The fraction of sp³-hybridized carbons (Fsp3) is 0.294. The predicted octanol–water partition coefficient (Wildman–Crippen LogP) is 2.52. The van der Waals surface area contributed by atoms with Crippen molar-refractivity contribution < 1.29 is 22.1 Å². The van der Waals surface area contributed by atoms with Crippen LogP contribution in [0.1, 0.15) is 17.2 Å². The molecule has 1 saturated heterocycles. The molecule has 7 nitrogen and oxygen atoms in total. The van der Waals surface area contributed by atoms with Gasteiger partial charge in [-0.25, -0.2) is 17.2 Å². The first-order chi connectivity index (χ1) is 12.7. The maximum absolute atomic E-state index is 14.1. The van der Waals surface area contributed by atoms with Crippen LogP contribution in [0.25, 0.3) is 0 Å². The number of hydrogen-bond donors (Lipinski definition) is 1. The van der Waals surface area contributed by atoms with E-state index in [9.17, 15) is 27.3 Å². The molecule has 1 heterocycles. The molecule has 1 unspecified atom stereocenters. The summed E-state index contributed by atoms with van der Waals surface area (Å²) >= 11 is 0. The van der Waals surface area contributed by atoms with Gasteiger partial charge in [0.25, 0.3) is 5.69 Å². The van der Waals surface area contributed by atoms with E-state index >= 15 is 0 Å². The van der Waals surface area contributed by atoms with Crippen LogP contribution in [0.3, 0.4) is 0 Å². The van der Waals surface area contributed by atoms with Crippen LogP contribution >= 0.6 is 0 Å². The van der Waals surface area contributed by atoms with E-state index in [0.717, 1.165) is 16.4 Å². The molecule has 0 spiro atoms. The van der Waals surface area contributed by atoms with E-state index in [1.54, 1.807) is 6.07 Å². The lowest BCUT2D eigenvalue weighted by atomic mass is 10.1. The van der Waals surface area contributed by atoms with E-state index in [2.05, 4.69) is 5.32 Å². The van der Waals surface area contributed by atoms with Gasteiger partial charge in [-0.1, -0.05) is 12.1 Å². The molecule has 0 amide bonds. The number of nitrogens with one attached hydrogen (secondary N) is 1. The summed E-state index contributed by atoms with van der Waals surface area (Å²) in [4.78, 5) is 9.81. The van der Waals surface area contributed by atoms with Gasteiger partial charge < -0.3 is 5.32 Å². The molecule has 0 aliphatic carbocycles. The molecule has 27 heavy (non-hydrogen) atoms. The van der Waals surface area contributed by atoms with Crippen LogP contribution in [0.15, 0.2) is 41.3 Å². The Hall–Kier alpha value is -2.43. The molecule has 1 atom stereocenters. The van der Waals surface area contributed by atoms with Crippen LogP contribution in [0, 0.1) is 28.7 Å². The van der Waals surface area contributed by atoms with Gasteiger partial charge in [0.05, 0.1) is 21.4 Å². The number of sulfonamides is 1. The summed E-state index contributed by atoms with van der Waals surface area (Å²) in [6.07, 6.45) is 0. The molecule has 1 aliphatic heterocycles. The van der Waals surface area contributed by atoms with Crippen LogP contribution < -0.4 is 5.32 Å². The molecule has 1 N–H and O–H groups in total. The van der Waals surface area contributed by atoms with Crippen molar-refractivity contribution in [3.63, 3.8) is 0 Å². The highest BCUT2D eigenvalue weighted by atomic mass is 32.2. The van der Waals surface area contributed by atoms with Gasteiger partial charge >= 0.3 is 0 Å². The summed E-state index contributed by atoms with van der Waals surface area (Å²) in [5, 5.41) is 14.2. The molecular formula is C17H17F2N3O4S. The highest BCUT2D eigenvalue weighted by Crippen LogP contribution is 2.32. The van der Waals surface area contributed by atoms with Gasteiger partial charge in [0.15, 0.2) is 0 Å². The number of hydrogen-bond acceptors (Lipinski definition) is 5. The minimum atomic E-state index is -4.24. The Bertz CT molecular complexity index is 998. The van der Waals surface area contributed by atoms with Gasteiger partial charge in [0, 0.05) is 25.7 Å². The Morgan fingerprint density at radius 3 is 2.67 bits per heavy atom. The molecule has 1 fully saturated rings. The Kier molecular flexibility index (Phi) is 5.22. The summed E-state index contributed by atoms with van der Waals surface area (Å²) < 4.78 is 55.1. The van der Waals surface area contributed by atoms with Gasteiger partial charge in [-0.15, -0.1) is 0 Å². The zero-order chi connectivity index (χ0) is 19.8. The standard InChI is InChI=1S/C17H17F2N3O4S/c1-11-15(19)8-14(9-16(11)22(23)24)27(25,26)21-6-5-20-10-17(21)12-3-2-4-13(18)7-12/h2-4,7-9,17,20H,5-6,10H2,1H3. The third-order valence-electron chi connectivity index (χ3n) is 4.52. The van der Waals surface area contributed by atoms with Gasteiger partial charge in [-0.05, 0) is 30.7 Å². The number of nitro groups is 1. The summed E-state index contributed by atoms with van der Waals surface area (Å²) in [6.45, 7) is 1.86. The van der Waals surface area contributed by atoms with Crippen molar-refractivity contribution in [1.29, 1.82) is 0 Å². The Morgan fingerprint density at radius 2 is 2.00 bits per heavy atom. The lowest BCUT2D eigenvalue weighted by Crippen LogP contribution is -2.48. The number of benzene rings is 2. The van der Waals surface area contributed by atoms with Crippen LogP contribution in [0.2, 0.25) is 0 Å². The van der Waals surface area contributed by atoms with E-state index < -0.39 is 43.2 Å². The van der Waals surface area contributed by atoms with Crippen molar-refractivity contribution in [2.24, 2.45) is 0 Å². The van der Waals surface area contributed by atoms with Gasteiger partial charge in [0.1, 0.15) is 11.6 Å². The highest BCUT2D eigenvalue weighted by molar-refractivity contribution is 7.89. The lowest BCUT2D eigenvalue weighted by Gasteiger charge is -2.35. The van der Waals surface area contributed by atoms with E-state index in [4.69, 9.17) is 0 Å². The van der Waals surface area contributed by atoms with E-state index in [-0.39, 0.29) is 18.7 Å². The van der Waals surface area contributed by atoms with Crippen LogP contribution in [-0.4, -0.2) is 37.3 Å². The maximum Gasteiger partial charge on any atom is 0.276 e. The molecule has 3 rings (SSSR count).